The number of rotatable bonds is 5. The predicted molar refractivity (Wildman–Crippen MR) is 70.8 cm³/mol. The van der Waals surface area contributed by atoms with Gasteiger partial charge in [0, 0.05) is 19.1 Å². The fourth-order valence-electron chi connectivity index (χ4n) is 2.16. The molecule has 1 N–H and O–H groups in total. The molecule has 0 aromatic heterocycles. The van der Waals surface area contributed by atoms with Gasteiger partial charge in [0.15, 0.2) is 0 Å². The Labute approximate surface area is 103 Å². The van der Waals surface area contributed by atoms with Crippen molar-refractivity contribution in [3.63, 3.8) is 0 Å². The van der Waals surface area contributed by atoms with Crippen molar-refractivity contribution in [2.24, 2.45) is 5.92 Å². The van der Waals surface area contributed by atoms with Gasteiger partial charge in [-0.25, -0.2) is 0 Å². The lowest BCUT2D eigenvalue weighted by Crippen LogP contribution is -2.42. The van der Waals surface area contributed by atoms with E-state index < -0.39 is 0 Å². The summed E-state index contributed by atoms with van der Waals surface area (Å²) >= 11 is 1.84. The maximum absolute atomic E-state index is 12.2. The predicted octanol–water partition coefficient (Wildman–Crippen LogP) is 1.58. The summed E-state index contributed by atoms with van der Waals surface area (Å²) in [5.74, 6) is 1.62. The molecule has 0 aliphatic carbocycles. The number of nitrogens with one attached hydrogen (secondary N) is 1. The Hall–Kier alpha value is -0.220. The molecule has 0 bridgehead atoms. The average Bonchev–Trinajstić information content (AvgIpc) is 2.70. The fourth-order valence-corrected chi connectivity index (χ4v) is 2.73. The number of carbonyl (C=O) groups excluding carboxylic acids is 1. The number of amides is 1. The monoisotopic (exact) mass is 244 g/mol. The molecule has 1 rings (SSSR count). The highest BCUT2D eigenvalue weighted by atomic mass is 32.2. The van der Waals surface area contributed by atoms with E-state index in [4.69, 9.17) is 0 Å². The Morgan fingerprint density at radius 1 is 1.62 bits per heavy atom. The van der Waals surface area contributed by atoms with Crippen molar-refractivity contribution in [1.29, 1.82) is 0 Å². The summed E-state index contributed by atoms with van der Waals surface area (Å²) in [5, 5.41) is 3.34. The zero-order valence-corrected chi connectivity index (χ0v) is 11.6. The normalized spacial score (nSPS) is 26.8. The lowest BCUT2D eigenvalue weighted by molar-refractivity contribution is -0.136. The summed E-state index contributed by atoms with van der Waals surface area (Å²) < 4.78 is 0. The van der Waals surface area contributed by atoms with E-state index in [0.29, 0.717) is 18.0 Å². The van der Waals surface area contributed by atoms with Crippen molar-refractivity contribution in [2.75, 3.05) is 25.6 Å². The summed E-state index contributed by atoms with van der Waals surface area (Å²) in [5.41, 5.74) is 0. The minimum absolute atomic E-state index is 0.182. The maximum atomic E-state index is 12.2. The van der Waals surface area contributed by atoms with Crippen LogP contribution in [-0.2, 0) is 4.79 Å². The quantitative estimate of drug-likeness (QED) is 0.797. The van der Waals surface area contributed by atoms with Gasteiger partial charge in [0.05, 0.1) is 5.92 Å². The molecule has 0 aromatic carbocycles. The molecular weight excluding hydrogens is 220 g/mol. The van der Waals surface area contributed by atoms with E-state index in [0.717, 1.165) is 25.1 Å². The third-order valence-corrected chi connectivity index (χ3v) is 4.23. The van der Waals surface area contributed by atoms with Gasteiger partial charge in [-0.05, 0) is 45.2 Å². The van der Waals surface area contributed by atoms with E-state index in [-0.39, 0.29) is 5.92 Å². The Morgan fingerprint density at radius 2 is 2.31 bits per heavy atom. The van der Waals surface area contributed by atoms with Crippen LogP contribution < -0.4 is 5.32 Å². The summed E-state index contributed by atoms with van der Waals surface area (Å²) in [7, 11) is 1.94. The highest BCUT2D eigenvalue weighted by Gasteiger charge is 2.32. The zero-order valence-electron chi connectivity index (χ0n) is 10.8. The largest absolute Gasteiger partial charge is 0.343 e. The van der Waals surface area contributed by atoms with Crippen LogP contribution in [-0.4, -0.2) is 48.5 Å². The Balaban J connectivity index is 2.45. The van der Waals surface area contributed by atoms with Gasteiger partial charge in [-0.1, -0.05) is 0 Å². The molecule has 94 valence electrons. The second-order valence-electron chi connectivity index (χ2n) is 4.72. The lowest BCUT2D eigenvalue weighted by atomic mass is 9.99. The van der Waals surface area contributed by atoms with Crippen molar-refractivity contribution in [3.05, 3.63) is 0 Å². The van der Waals surface area contributed by atoms with Crippen LogP contribution in [0.1, 0.15) is 26.7 Å². The summed E-state index contributed by atoms with van der Waals surface area (Å²) in [6.07, 6.45) is 4.18. The van der Waals surface area contributed by atoms with Crippen LogP contribution >= 0.6 is 11.8 Å². The van der Waals surface area contributed by atoms with Gasteiger partial charge in [0.2, 0.25) is 5.91 Å². The molecule has 3 unspecified atom stereocenters. The van der Waals surface area contributed by atoms with E-state index in [1.165, 1.54) is 0 Å². The molecule has 3 nitrogen and oxygen atoms in total. The standard InChI is InChI=1S/C12H24N2OS/c1-9(6-8-16-4)14(3)12(15)11-5-7-13-10(11)2/h9-11,13H,5-8H2,1-4H3. The van der Waals surface area contributed by atoms with Gasteiger partial charge in [-0.2, -0.15) is 11.8 Å². The van der Waals surface area contributed by atoms with Crippen LogP contribution in [0.25, 0.3) is 0 Å². The van der Waals surface area contributed by atoms with E-state index in [2.05, 4.69) is 25.4 Å². The molecule has 1 aliphatic heterocycles. The third kappa shape index (κ3) is 3.39. The number of carbonyl (C=O) groups is 1. The van der Waals surface area contributed by atoms with Crippen molar-refractivity contribution < 1.29 is 4.79 Å². The average molecular weight is 244 g/mol. The van der Waals surface area contributed by atoms with Crippen LogP contribution in [0, 0.1) is 5.92 Å². The molecule has 3 atom stereocenters. The first-order chi connectivity index (χ1) is 7.57. The summed E-state index contributed by atoms with van der Waals surface area (Å²) in [6, 6.07) is 0.690. The van der Waals surface area contributed by atoms with Crippen LogP contribution in [0.3, 0.4) is 0 Å². The SMILES string of the molecule is CSCCC(C)N(C)C(=O)C1CCNC1C. The first-order valence-corrected chi connectivity index (χ1v) is 7.46. The molecule has 1 saturated heterocycles. The second kappa shape index (κ2) is 6.50. The van der Waals surface area contributed by atoms with E-state index in [1.807, 2.05) is 23.7 Å². The number of hydrogen-bond acceptors (Lipinski definition) is 3. The third-order valence-electron chi connectivity index (χ3n) is 3.59. The number of thioether (sulfide) groups is 1. The minimum Gasteiger partial charge on any atom is -0.343 e. The second-order valence-corrected chi connectivity index (χ2v) is 5.70. The molecule has 4 heteroatoms. The molecule has 1 amide bonds. The first-order valence-electron chi connectivity index (χ1n) is 6.07. The molecule has 0 saturated carbocycles. The van der Waals surface area contributed by atoms with Crippen molar-refractivity contribution in [2.45, 2.75) is 38.8 Å². The molecule has 16 heavy (non-hydrogen) atoms. The van der Waals surface area contributed by atoms with E-state index >= 15 is 0 Å². The van der Waals surface area contributed by atoms with Crippen molar-refractivity contribution in [3.8, 4) is 0 Å². The molecule has 0 spiro atoms. The Morgan fingerprint density at radius 3 is 2.81 bits per heavy atom. The molecule has 1 heterocycles. The van der Waals surface area contributed by atoms with Gasteiger partial charge in [0.1, 0.15) is 0 Å². The van der Waals surface area contributed by atoms with Crippen LogP contribution in [0.5, 0.6) is 0 Å². The van der Waals surface area contributed by atoms with Gasteiger partial charge in [0.25, 0.3) is 0 Å². The van der Waals surface area contributed by atoms with E-state index in [1.54, 1.807) is 0 Å². The minimum atomic E-state index is 0.182. The molecule has 0 radical (unpaired) electrons. The number of nitrogens with zero attached hydrogens (tertiary/aromatic N) is 1. The van der Waals surface area contributed by atoms with Crippen LogP contribution in [0.2, 0.25) is 0 Å². The van der Waals surface area contributed by atoms with Gasteiger partial charge in [-0.3, -0.25) is 4.79 Å². The van der Waals surface area contributed by atoms with Gasteiger partial charge < -0.3 is 10.2 Å². The van der Waals surface area contributed by atoms with Gasteiger partial charge in [-0.15, -0.1) is 0 Å². The van der Waals surface area contributed by atoms with Gasteiger partial charge >= 0.3 is 0 Å². The molecule has 0 aromatic rings. The Kier molecular flexibility index (Phi) is 5.62. The Bertz CT molecular complexity index is 235. The highest BCUT2D eigenvalue weighted by Crippen LogP contribution is 2.19. The summed E-state index contributed by atoms with van der Waals surface area (Å²) in [4.78, 5) is 14.2. The smallest absolute Gasteiger partial charge is 0.227 e. The fraction of sp³-hybridized carbons (Fsp3) is 0.917. The van der Waals surface area contributed by atoms with Crippen LogP contribution in [0.15, 0.2) is 0 Å². The van der Waals surface area contributed by atoms with E-state index in [9.17, 15) is 4.79 Å². The molecular formula is C12H24N2OS. The molecule has 1 fully saturated rings. The number of hydrogen-bond donors (Lipinski definition) is 1. The maximum Gasteiger partial charge on any atom is 0.227 e. The summed E-state index contributed by atoms with van der Waals surface area (Å²) in [6.45, 7) is 5.22. The van der Waals surface area contributed by atoms with Crippen molar-refractivity contribution in [1.82, 2.24) is 10.2 Å². The van der Waals surface area contributed by atoms with Crippen molar-refractivity contribution >= 4 is 17.7 Å². The topological polar surface area (TPSA) is 32.3 Å². The highest BCUT2D eigenvalue weighted by molar-refractivity contribution is 7.98. The zero-order chi connectivity index (χ0) is 12.1. The first kappa shape index (κ1) is 13.8. The molecule has 1 aliphatic rings. The lowest BCUT2D eigenvalue weighted by Gasteiger charge is -2.28. The van der Waals surface area contributed by atoms with Crippen LogP contribution in [0.4, 0.5) is 0 Å².